The van der Waals surface area contributed by atoms with Gasteiger partial charge in [0.05, 0.1) is 12.2 Å². The molecule has 0 aromatic rings. The quantitative estimate of drug-likeness (QED) is 0.328. The fourth-order valence-electron chi connectivity index (χ4n) is 2.85. The van der Waals surface area contributed by atoms with Gasteiger partial charge in [0, 0.05) is 19.4 Å². The van der Waals surface area contributed by atoms with Gasteiger partial charge in [-0.1, -0.05) is 47.5 Å². The molecule has 1 fully saturated rings. The first-order valence-electron chi connectivity index (χ1n) is 10.2. The molecule has 0 aliphatic carbocycles. The summed E-state index contributed by atoms with van der Waals surface area (Å²) in [7, 11) is -1.71. The van der Waals surface area contributed by atoms with Crippen molar-refractivity contribution in [1.82, 2.24) is 0 Å². The third-order valence-corrected chi connectivity index (χ3v) is 10.3. The lowest BCUT2D eigenvalue weighted by molar-refractivity contribution is -0.124. The molecule has 0 N–H and O–H groups in total. The van der Waals surface area contributed by atoms with Crippen molar-refractivity contribution in [1.29, 1.82) is 0 Å². The van der Waals surface area contributed by atoms with Gasteiger partial charge in [0.2, 0.25) is 5.78 Å². The van der Waals surface area contributed by atoms with E-state index < -0.39 is 8.32 Å². The van der Waals surface area contributed by atoms with Crippen molar-refractivity contribution in [2.45, 2.75) is 104 Å². The molecule has 1 aliphatic heterocycles. The number of rotatable bonds is 7. The van der Waals surface area contributed by atoms with Crippen molar-refractivity contribution in [3.8, 4) is 11.8 Å². The average Bonchev–Trinajstić information content (AvgIpc) is 2.48. The molecule has 3 nitrogen and oxygen atoms in total. The molecule has 0 aromatic carbocycles. The highest BCUT2D eigenvalue weighted by molar-refractivity contribution is 6.74. The van der Waals surface area contributed by atoms with Gasteiger partial charge in [0.25, 0.3) is 0 Å². The molecule has 150 valence electrons. The molecule has 3 atom stereocenters. The first-order valence-corrected chi connectivity index (χ1v) is 13.1. The van der Waals surface area contributed by atoms with Crippen LogP contribution in [-0.2, 0) is 14.0 Å². The Hall–Kier alpha value is -0.633. The number of hydrogen-bond donors (Lipinski definition) is 0. The Morgan fingerprint density at radius 3 is 2.50 bits per heavy atom. The molecule has 0 aromatic heterocycles. The summed E-state index contributed by atoms with van der Waals surface area (Å²) in [5.41, 5.74) is 0. The van der Waals surface area contributed by atoms with Crippen LogP contribution in [0.4, 0.5) is 0 Å². The normalized spacial score (nSPS) is 24.3. The van der Waals surface area contributed by atoms with Crippen molar-refractivity contribution < 1.29 is 14.0 Å². The molecule has 26 heavy (non-hydrogen) atoms. The second-order valence-electron chi connectivity index (χ2n) is 9.78. The van der Waals surface area contributed by atoms with Gasteiger partial charge < -0.3 is 9.16 Å². The minimum atomic E-state index is -1.71. The molecule has 0 bridgehead atoms. The van der Waals surface area contributed by atoms with Gasteiger partial charge in [-0.15, -0.1) is 0 Å². The Morgan fingerprint density at radius 2 is 1.92 bits per heavy atom. The van der Waals surface area contributed by atoms with E-state index in [1.807, 2.05) is 0 Å². The van der Waals surface area contributed by atoms with E-state index in [4.69, 9.17) is 9.16 Å². The summed E-state index contributed by atoms with van der Waals surface area (Å²) in [6, 6.07) is 0. The smallest absolute Gasteiger partial charge is 0.208 e. The van der Waals surface area contributed by atoms with E-state index in [0.717, 1.165) is 32.3 Å². The van der Waals surface area contributed by atoms with E-state index in [-0.39, 0.29) is 23.0 Å². The van der Waals surface area contributed by atoms with E-state index in [1.165, 1.54) is 0 Å². The molecule has 0 unspecified atom stereocenters. The van der Waals surface area contributed by atoms with Crippen molar-refractivity contribution in [2.75, 3.05) is 6.61 Å². The maximum atomic E-state index is 12.1. The molecular weight excluding hydrogens is 340 g/mol. The largest absolute Gasteiger partial charge is 0.417 e. The van der Waals surface area contributed by atoms with Gasteiger partial charge in [-0.05, 0) is 55.2 Å². The predicted molar refractivity (Wildman–Crippen MR) is 112 cm³/mol. The highest BCUT2D eigenvalue weighted by Crippen LogP contribution is 2.37. The summed E-state index contributed by atoms with van der Waals surface area (Å²) in [5.74, 6) is 6.81. The summed E-state index contributed by atoms with van der Waals surface area (Å²) >= 11 is 0. The lowest BCUT2D eigenvalue weighted by Gasteiger charge is -2.38. The average molecular weight is 381 g/mol. The van der Waals surface area contributed by atoms with Crippen molar-refractivity contribution in [3.05, 3.63) is 0 Å². The van der Waals surface area contributed by atoms with Gasteiger partial charge in [-0.25, -0.2) is 0 Å². The highest BCUT2D eigenvalue weighted by atomic mass is 28.4. The van der Waals surface area contributed by atoms with Crippen LogP contribution >= 0.6 is 0 Å². The maximum absolute atomic E-state index is 12.1. The summed E-state index contributed by atoms with van der Waals surface area (Å²) in [5, 5.41) is 0.232. The van der Waals surface area contributed by atoms with E-state index in [9.17, 15) is 4.79 Å². The van der Waals surface area contributed by atoms with E-state index >= 15 is 0 Å². The zero-order chi connectivity index (χ0) is 20.0. The zero-order valence-corrected chi connectivity index (χ0v) is 19.3. The first-order chi connectivity index (χ1) is 11.9. The molecule has 1 saturated heterocycles. The zero-order valence-electron chi connectivity index (χ0n) is 18.3. The third kappa shape index (κ3) is 7.94. The highest BCUT2D eigenvalue weighted by Gasteiger charge is 2.37. The van der Waals surface area contributed by atoms with Crippen molar-refractivity contribution in [2.24, 2.45) is 11.8 Å². The SMILES string of the molecule is CC(C)CC#CC(=O)C[C@@H]1CC[C@H](C)[C@@H](CCO[Si](C)(C)C(C)(C)C)O1. The number of ether oxygens (including phenoxy) is 1. The second kappa shape index (κ2) is 10.1. The number of ketones is 1. The van der Waals surface area contributed by atoms with Gasteiger partial charge in [0.1, 0.15) is 0 Å². The van der Waals surface area contributed by atoms with Crippen LogP contribution < -0.4 is 0 Å². The third-order valence-electron chi connectivity index (χ3n) is 5.77. The lowest BCUT2D eigenvalue weighted by atomic mass is 9.90. The molecule has 1 heterocycles. The summed E-state index contributed by atoms with van der Waals surface area (Å²) in [4.78, 5) is 12.1. The van der Waals surface area contributed by atoms with E-state index in [0.29, 0.717) is 18.3 Å². The first kappa shape index (κ1) is 23.4. The number of carbonyl (C=O) groups excluding carboxylic acids is 1. The summed E-state index contributed by atoms with van der Waals surface area (Å²) < 4.78 is 12.6. The molecule has 0 amide bonds. The van der Waals surface area contributed by atoms with Crippen LogP contribution in [0.2, 0.25) is 18.1 Å². The molecule has 0 saturated carbocycles. The van der Waals surface area contributed by atoms with Gasteiger partial charge in [0.15, 0.2) is 8.32 Å². The molecule has 4 heteroatoms. The van der Waals surface area contributed by atoms with Crippen LogP contribution in [0.5, 0.6) is 0 Å². The predicted octanol–water partition coefficient (Wildman–Crippen LogP) is 5.59. The Morgan fingerprint density at radius 1 is 1.27 bits per heavy atom. The second-order valence-corrected chi connectivity index (χ2v) is 14.6. The number of hydrogen-bond acceptors (Lipinski definition) is 3. The van der Waals surface area contributed by atoms with Crippen LogP contribution in [0, 0.1) is 23.7 Å². The summed E-state index contributed by atoms with van der Waals surface area (Å²) in [6.45, 7) is 18.6. The molecule has 1 aliphatic rings. The fraction of sp³-hybridized carbons (Fsp3) is 0.864. The van der Waals surface area contributed by atoms with E-state index in [2.05, 4.69) is 66.5 Å². The van der Waals surface area contributed by atoms with Crippen LogP contribution in [-0.4, -0.2) is 32.9 Å². The maximum Gasteiger partial charge on any atom is 0.208 e. The molecule has 0 radical (unpaired) electrons. The Kier molecular flexibility index (Phi) is 9.06. The number of Topliss-reactive ketones (excluding diaryl/α,β-unsaturated/α-hetero) is 1. The minimum Gasteiger partial charge on any atom is -0.417 e. The van der Waals surface area contributed by atoms with Crippen molar-refractivity contribution >= 4 is 14.1 Å². The Bertz CT molecular complexity index is 508. The Labute approximate surface area is 162 Å². The molecule has 1 rings (SSSR count). The monoisotopic (exact) mass is 380 g/mol. The van der Waals surface area contributed by atoms with Crippen molar-refractivity contribution in [3.63, 3.8) is 0 Å². The van der Waals surface area contributed by atoms with Crippen LogP contribution in [0.3, 0.4) is 0 Å². The minimum absolute atomic E-state index is 0.0153. The van der Waals surface area contributed by atoms with Gasteiger partial charge in [-0.3, -0.25) is 4.79 Å². The molecular formula is C22H40O3Si. The lowest BCUT2D eigenvalue weighted by Crippen LogP contribution is -2.42. The topological polar surface area (TPSA) is 35.5 Å². The van der Waals surface area contributed by atoms with Gasteiger partial charge in [-0.2, -0.15) is 0 Å². The Balaban J connectivity index is 2.47. The van der Waals surface area contributed by atoms with E-state index in [1.54, 1.807) is 0 Å². The van der Waals surface area contributed by atoms with Gasteiger partial charge >= 0.3 is 0 Å². The summed E-state index contributed by atoms with van der Waals surface area (Å²) in [6.07, 6.45) is 4.40. The van der Waals surface area contributed by atoms with Crippen LogP contribution in [0.15, 0.2) is 0 Å². The van der Waals surface area contributed by atoms with Crippen LogP contribution in [0.25, 0.3) is 0 Å². The standard InChI is InChI=1S/C22H40O3Si/c1-17(2)10-9-11-19(23)16-20-13-12-18(3)21(25-20)14-15-24-26(7,8)22(4,5)6/h17-18,20-21H,10,12-16H2,1-8H3/t18-,20-,21+/m0/s1. The fourth-order valence-corrected chi connectivity index (χ4v) is 3.91. The number of carbonyl (C=O) groups is 1. The molecule has 0 spiro atoms. The van der Waals surface area contributed by atoms with Crippen LogP contribution in [0.1, 0.15) is 73.6 Å².